The Labute approximate surface area is 175 Å². The molecule has 0 saturated heterocycles. The van der Waals surface area contributed by atoms with Crippen LogP contribution in [0, 0.1) is 0 Å². The lowest BCUT2D eigenvalue weighted by Crippen LogP contribution is -2.05. The first-order valence-electron chi connectivity index (χ1n) is 8.79. The SMILES string of the molecule is O=C(O)c1cc(CO)ccc1Nc1c(-c2ccncc2)cnc2ccc(Br)cc12. The van der Waals surface area contributed by atoms with Gasteiger partial charge >= 0.3 is 5.97 Å². The standard InChI is InChI=1S/C22H16BrN3O3/c23-15-2-4-19-16(10-15)21(18(11-25-19)14-5-7-24-8-6-14)26-20-3-1-13(12-27)9-17(20)22(28)29/h1-11,27H,12H2,(H,25,26)(H,28,29). The van der Waals surface area contributed by atoms with Gasteiger partial charge < -0.3 is 15.5 Å². The number of benzene rings is 2. The van der Waals surface area contributed by atoms with E-state index in [1.165, 1.54) is 6.07 Å². The maximum atomic E-state index is 11.8. The van der Waals surface area contributed by atoms with Crippen molar-refractivity contribution in [1.82, 2.24) is 9.97 Å². The third-order valence-electron chi connectivity index (χ3n) is 4.58. The summed E-state index contributed by atoms with van der Waals surface area (Å²) in [4.78, 5) is 20.4. The number of pyridine rings is 2. The van der Waals surface area contributed by atoms with Crippen LogP contribution in [0.25, 0.3) is 22.0 Å². The van der Waals surface area contributed by atoms with Gasteiger partial charge in [-0.05, 0) is 53.6 Å². The van der Waals surface area contributed by atoms with Crippen molar-refractivity contribution in [2.24, 2.45) is 0 Å². The molecule has 0 aliphatic rings. The van der Waals surface area contributed by atoms with Gasteiger partial charge in [-0.2, -0.15) is 0 Å². The second kappa shape index (κ2) is 7.98. The molecule has 4 rings (SSSR count). The van der Waals surface area contributed by atoms with Crippen molar-refractivity contribution >= 4 is 44.2 Å². The van der Waals surface area contributed by atoms with Crippen molar-refractivity contribution < 1.29 is 15.0 Å². The van der Waals surface area contributed by atoms with Crippen molar-refractivity contribution in [3.05, 3.63) is 82.7 Å². The summed E-state index contributed by atoms with van der Waals surface area (Å²) in [6, 6.07) is 14.3. The fourth-order valence-corrected chi connectivity index (χ4v) is 3.52. The summed E-state index contributed by atoms with van der Waals surface area (Å²) < 4.78 is 0.885. The van der Waals surface area contributed by atoms with E-state index in [9.17, 15) is 15.0 Å². The number of fused-ring (bicyclic) bond motifs is 1. The zero-order valence-electron chi connectivity index (χ0n) is 15.1. The van der Waals surface area contributed by atoms with E-state index in [0.717, 1.165) is 32.2 Å². The molecule has 3 N–H and O–H groups in total. The Balaban J connectivity index is 1.95. The molecule has 0 aliphatic carbocycles. The zero-order valence-corrected chi connectivity index (χ0v) is 16.7. The second-order valence-electron chi connectivity index (χ2n) is 6.41. The number of aromatic carboxylic acids is 1. The zero-order chi connectivity index (χ0) is 20.4. The number of aromatic nitrogens is 2. The molecule has 0 spiro atoms. The summed E-state index contributed by atoms with van der Waals surface area (Å²) in [6.07, 6.45) is 5.16. The molecule has 7 heteroatoms. The summed E-state index contributed by atoms with van der Waals surface area (Å²) in [6.45, 7) is -0.228. The van der Waals surface area contributed by atoms with Gasteiger partial charge in [-0.3, -0.25) is 9.97 Å². The molecular formula is C22H16BrN3O3. The number of anilines is 2. The average molecular weight is 450 g/mol. The van der Waals surface area contributed by atoms with Crippen LogP contribution in [0.15, 0.2) is 71.6 Å². The van der Waals surface area contributed by atoms with E-state index in [2.05, 4.69) is 31.2 Å². The van der Waals surface area contributed by atoms with Gasteiger partial charge in [0, 0.05) is 34.0 Å². The highest BCUT2D eigenvalue weighted by Gasteiger charge is 2.16. The van der Waals surface area contributed by atoms with E-state index in [4.69, 9.17) is 0 Å². The third kappa shape index (κ3) is 3.83. The lowest BCUT2D eigenvalue weighted by atomic mass is 10.0. The topological polar surface area (TPSA) is 95.3 Å². The number of carbonyl (C=O) groups is 1. The minimum atomic E-state index is -1.08. The van der Waals surface area contributed by atoms with Crippen LogP contribution < -0.4 is 5.32 Å². The summed E-state index contributed by atoms with van der Waals surface area (Å²) in [5.74, 6) is -1.08. The predicted octanol–water partition coefficient (Wildman–Crippen LogP) is 4.99. The van der Waals surface area contributed by atoms with Gasteiger partial charge in [-0.25, -0.2) is 4.79 Å². The molecule has 29 heavy (non-hydrogen) atoms. The number of rotatable bonds is 5. The Kier molecular flexibility index (Phi) is 5.24. The monoisotopic (exact) mass is 449 g/mol. The van der Waals surface area contributed by atoms with E-state index < -0.39 is 5.97 Å². The fourth-order valence-electron chi connectivity index (χ4n) is 3.16. The Morgan fingerprint density at radius 3 is 2.59 bits per heavy atom. The molecule has 0 radical (unpaired) electrons. The molecule has 6 nitrogen and oxygen atoms in total. The Morgan fingerprint density at radius 1 is 1.07 bits per heavy atom. The van der Waals surface area contributed by atoms with Gasteiger partial charge in [0.25, 0.3) is 0 Å². The maximum absolute atomic E-state index is 11.8. The van der Waals surface area contributed by atoms with Crippen LogP contribution in [-0.2, 0) is 6.61 Å². The molecule has 0 fully saturated rings. The van der Waals surface area contributed by atoms with Crippen LogP contribution in [0.2, 0.25) is 0 Å². The lowest BCUT2D eigenvalue weighted by molar-refractivity contribution is 0.0698. The Hall–Kier alpha value is -3.29. The molecule has 0 amide bonds. The van der Waals surface area contributed by atoms with Crippen LogP contribution >= 0.6 is 15.9 Å². The van der Waals surface area contributed by atoms with Crippen LogP contribution in [0.4, 0.5) is 11.4 Å². The normalized spacial score (nSPS) is 10.8. The van der Waals surface area contributed by atoms with Gasteiger partial charge in [0.1, 0.15) is 0 Å². The largest absolute Gasteiger partial charge is 0.478 e. The van der Waals surface area contributed by atoms with Crippen LogP contribution in [0.5, 0.6) is 0 Å². The molecule has 144 valence electrons. The molecule has 4 aromatic rings. The van der Waals surface area contributed by atoms with Crippen LogP contribution in [0.1, 0.15) is 15.9 Å². The Bertz CT molecular complexity index is 1210. The first-order valence-corrected chi connectivity index (χ1v) is 9.59. The van der Waals surface area contributed by atoms with E-state index in [-0.39, 0.29) is 12.2 Å². The minimum absolute atomic E-state index is 0.0807. The van der Waals surface area contributed by atoms with Gasteiger partial charge in [0.2, 0.25) is 0 Å². The summed E-state index contributed by atoms with van der Waals surface area (Å²) in [5, 5.41) is 23.2. The summed E-state index contributed by atoms with van der Waals surface area (Å²) in [5.41, 5.74) is 4.28. The van der Waals surface area contributed by atoms with Gasteiger partial charge in [0.05, 0.1) is 29.1 Å². The van der Waals surface area contributed by atoms with Crippen molar-refractivity contribution in [2.45, 2.75) is 6.61 Å². The quantitative estimate of drug-likeness (QED) is 0.397. The highest BCUT2D eigenvalue weighted by Crippen LogP contribution is 2.37. The van der Waals surface area contributed by atoms with Gasteiger partial charge in [-0.1, -0.05) is 22.0 Å². The average Bonchev–Trinajstić information content (AvgIpc) is 2.74. The van der Waals surface area contributed by atoms with Gasteiger partial charge in [-0.15, -0.1) is 0 Å². The van der Waals surface area contributed by atoms with Gasteiger partial charge in [0.15, 0.2) is 0 Å². The molecule has 2 aromatic heterocycles. The number of carboxylic acid groups (broad SMARTS) is 1. The first-order chi connectivity index (χ1) is 14.1. The number of aliphatic hydroxyl groups is 1. The van der Waals surface area contributed by atoms with Crippen LogP contribution in [0.3, 0.4) is 0 Å². The van der Waals surface area contributed by atoms with Crippen molar-refractivity contribution in [3.8, 4) is 11.1 Å². The third-order valence-corrected chi connectivity index (χ3v) is 5.07. The first kappa shape index (κ1) is 19.0. The molecule has 0 aliphatic heterocycles. The molecule has 2 heterocycles. The number of hydrogen-bond acceptors (Lipinski definition) is 5. The number of halogens is 1. The molecule has 0 bridgehead atoms. The number of hydrogen-bond donors (Lipinski definition) is 3. The number of carboxylic acids is 1. The highest BCUT2D eigenvalue weighted by molar-refractivity contribution is 9.10. The molecule has 0 atom stereocenters. The predicted molar refractivity (Wildman–Crippen MR) is 115 cm³/mol. The van der Waals surface area contributed by atoms with Crippen LogP contribution in [-0.4, -0.2) is 26.2 Å². The Morgan fingerprint density at radius 2 is 1.86 bits per heavy atom. The molecular weight excluding hydrogens is 434 g/mol. The minimum Gasteiger partial charge on any atom is -0.478 e. The lowest BCUT2D eigenvalue weighted by Gasteiger charge is -2.17. The molecule has 0 unspecified atom stereocenters. The highest BCUT2D eigenvalue weighted by atomic mass is 79.9. The molecule has 0 saturated carbocycles. The second-order valence-corrected chi connectivity index (χ2v) is 7.33. The van der Waals surface area contributed by atoms with E-state index in [1.807, 2.05) is 30.3 Å². The van der Waals surface area contributed by atoms with E-state index in [1.54, 1.807) is 30.7 Å². The number of nitrogens with one attached hydrogen (secondary N) is 1. The van der Waals surface area contributed by atoms with Crippen molar-refractivity contribution in [2.75, 3.05) is 5.32 Å². The number of nitrogens with zero attached hydrogens (tertiary/aromatic N) is 2. The van der Waals surface area contributed by atoms with Crippen molar-refractivity contribution in [3.63, 3.8) is 0 Å². The van der Waals surface area contributed by atoms with E-state index in [0.29, 0.717) is 11.3 Å². The number of aliphatic hydroxyl groups excluding tert-OH is 1. The summed E-state index contributed by atoms with van der Waals surface area (Å²) in [7, 11) is 0. The van der Waals surface area contributed by atoms with E-state index >= 15 is 0 Å². The molecule has 2 aromatic carbocycles. The fraction of sp³-hybridized carbons (Fsp3) is 0.0455. The summed E-state index contributed by atoms with van der Waals surface area (Å²) >= 11 is 3.50. The smallest absolute Gasteiger partial charge is 0.337 e. The maximum Gasteiger partial charge on any atom is 0.337 e. The van der Waals surface area contributed by atoms with Crippen molar-refractivity contribution in [1.29, 1.82) is 0 Å².